The van der Waals surface area contributed by atoms with E-state index in [1.165, 1.54) is 32.4 Å². The monoisotopic (exact) mass is 484 g/mol. The summed E-state index contributed by atoms with van der Waals surface area (Å²) in [5.74, 6) is 0.883. The predicted molar refractivity (Wildman–Crippen MR) is 130 cm³/mol. The summed E-state index contributed by atoms with van der Waals surface area (Å²) < 4.78 is 44.5. The molecule has 34 heavy (non-hydrogen) atoms. The van der Waals surface area contributed by atoms with Crippen LogP contribution < -0.4 is 23.8 Å². The summed E-state index contributed by atoms with van der Waals surface area (Å²) in [5, 5.41) is 2.79. The molecule has 0 aliphatic rings. The average molecular weight is 485 g/mol. The molecule has 0 aliphatic heterocycles. The van der Waals surface area contributed by atoms with Gasteiger partial charge in [0, 0.05) is 18.2 Å². The zero-order chi connectivity index (χ0) is 24.6. The molecule has 0 fully saturated rings. The number of anilines is 1. The van der Waals surface area contributed by atoms with Gasteiger partial charge in [0.05, 0.1) is 31.4 Å². The zero-order valence-electron chi connectivity index (χ0n) is 19.4. The van der Waals surface area contributed by atoms with Crippen LogP contribution in [-0.4, -0.2) is 41.7 Å². The summed E-state index contributed by atoms with van der Waals surface area (Å²) >= 11 is 0. The summed E-state index contributed by atoms with van der Waals surface area (Å²) in [6.07, 6.45) is 0. The van der Waals surface area contributed by atoms with Crippen LogP contribution in [0, 0.1) is 0 Å². The first-order valence-corrected chi connectivity index (χ1v) is 12.1. The summed E-state index contributed by atoms with van der Waals surface area (Å²) in [5.41, 5.74) is 0.977. The molecule has 3 aromatic rings. The van der Waals surface area contributed by atoms with Crippen LogP contribution in [-0.2, 0) is 21.4 Å². The standard InChI is InChI=1S/C25H28N2O6S/c1-4-33-23-13-9-8-10-19(23)17-26-25(28)18-27(34(29,30)21-11-6-5-7-12-21)22-16-20(31-2)14-15-24(22)32-3/h5-16H,4,17-18H2,1-3H3,(H,26,28). The summed E-state index contributed by atoms with van der Waals surface area (Å²) in [7, 11) is -1.18. The molecule has 9 heteroatoms. The van der Waals surface area contributed by atoms with Gasteiger partial charge in [0.25, 0.3) is 10.0 Å². The minimum atomic E-state index is -4.09. The molecule has 8 nitrogen and oxygen atoms in total. The average Bonchev–Trinajstić information content (AvgIpc) is 2.87. The fourth-order valence-corrected chi connectivity index (χ4v) is 4.78. The highest BCUT2D eigenvalue weighted by Gasteiger charge is 2.30. The fourth-order valence-electron chi connectivity index (χ4n) is 3.34. The van der Waals surface area contributed by atoms with Gasteiger partial charge in [-0.15, -0.1) is 0 Å². The van der Waals surface area contributed by atoms with E-state index in [9.17, 15) is 13.2 Å². The molecule has 0 heterocycles. The van der Waals surface area contributed by atoms with Crippen molar-refractivity contribution in [3.63, 3.8) is 0 Å². The maximum atomic E-state index is 13.6. The van der Waals surface area contributed by atoms with Gasteiger partial charge in [0.15, 0.2) is 0 Å². The molecular formula is C25H28N2O6S. The van der Waals surface area contributed by atoms with Gasteiger partial charge < -0.3 is 19.5 Å². The van der Waals surface area contributed by atoms with Gasteiger partial charge in [0.2, 0.25) is 5.91 Å². The Labute approximate surface area is 200 Å². The van der Waals surface area contributed by atoms with Crippen LogP contribution in [0.25, 0.3) is 0 Å². The molecule has 0 saturated heterocycles. The number of carbonyl (C=O) groups excluding carboxylic acids is 1. The van der Waals surface area contributed by atoms with Crippen molar-refractivity contribution in [1.82, 2.24) is 5.32 Å². The van der Waals surface area contributed by atoms with Crippen LogP contribution in [0.3, 0.4) is 0 Å². The van der Waals surface area contributed by atoms with Crippen molar-refractivity contribution >= 4 is 21.6 Å². The van der Waals surface area contributed by atoms with Gasteiger partial charge in [-0.05, 0) is 37.3 Å². The van der Waals surface area contributed by atoms with Crippen LogP contribution in [0.4, 0.5) is 5.69 Å². The van der Waals surface area contributed by atoms with Crippen molar-refractivity contribution in [1.29, 1.82) is 0 Å². The molecule has 0 spiro atoms. The Morgan fingerprint density at radius 1 is 0.912 bits per heavy atom. The lowest BCUT2D eigenvalue weighted by Crippen LogP contribution is -2.41. The Balaban J connectivity index is 1.93. The van der Waals surface area contributed by atoms with E-state index in [1.54, 1.807) is 30.3 Å². The largest absolute Gasteiger partial charge is 0.497 e. The molecule has 0 aliphatic carbocycles. The van der Waals surface area contributed by atoms with Crippen molar-refractivity contribution in [2.45, 2.75) is 18.4 Å². The third kappa shape index (κ3) is 5.79. The highest BCUT2D eigenvalue weighted by atomic mass is 32.2. The van der Waals surface area contributed by atoms with E-state index in [4.69, 9.17) is 14.2 Å². The molecule has 0 unspecified atom stereocenters. The summed E-state index contributed by atoms with van der Waals surface area (Å²) in [4.78, 5) is 13.0. The lowest BCUT2D eigenvalue weighted by Gasteiger charge is -2.26. The second-order valence-corrected chi connectivity index (χ2v) is 9.04. The Morgan fingerprint density at radius 2 is 1.62 bits per heavy atom. The van der Waals surface area contributed by atoms with Crippen LogP contribution in [0.5, 0.6) is 17.2 Å². The second kappa shape index (κ2) is 11.4. The number of nitrogens with one attached hydrogen (secondary N) is 1. The summed E-state index contributed by atoms with van der Waals surface area (Å²) in [6.45, 7) is 2.09. The maximum absolute atomic E-state index is 13.6. The highest BCUT2D eigenvalue weighted by molar-refractivity contribution is 7.92. The molecule has 3 aromatic carbocycles. The predicted octanol–water partition coefficient (Wildman–Crippen LogP) is 3.61. The third-order valence-electron chi connectivity index (χ3n) is 5.02. The molecule has 0 aromatic heterocycles. The van der Waals surface area contributed by atoms with Crippen molar-refractivity contribution in [2.24, 2.45) is 0 Å². The number of ether oxygens (including phenoxy) is 3. The van der Waals surface area contributed by atoms with E-state index in [0.29, 0.717) is 18.1 Å². The van der Waals surface area contributed by atoms with Crippen molar-refractivity contribution in [3.05, 3.63) is 78.4 Å². The van der Waals surface area contributed by atoms with Gasteiger partial charge in [-0.3, -0.25) is 9.10 Å². The Morgan fingerprint density at radius 3 is 2.29 bits per heavy atom. The fraction of sp³-hybridized carbons (Fsp3) is 0.240. The maximum Gasteiger partial charge on any atom is 0.264 e. The van der Waals surface area contributed by atoms with Crippen molar-refractivity contribution < 1.29 is 27.4 Å². The third-order valence-corrected chi connectivity index (χ3v) is 6.80. The van der Waals surface area contributed by atoms with E-state index in [0.717, 1.165) is 9.87 Å². The number of amides is 1. The minimum absolute atomic E-state index is 0.0503. The number of hydrogen-bond acceptors (Lipinski definition) is 6. The van der Waals surface area contributed by atoms with Crippen molar-refractivity contribution in [2.75, 3.05) is 31.7 Å². The molecule has 0 bridgehead atoms. The first-order chi connectivity index (χ1) is 16.4. The number of hydrogen-bond donors (Lipinski definition) is 1. The number of sulfonamides is 1. The smallest absolute Gasteiger partial charge is 0.264 e. The van der Waals surface area contributed by atoms with Crippen molar-refractivity contribution in [3.8, 4) is 17.2 Å². The van der Waals surface area contributed by atoms with E-state index in [2.05, 4.69) is 5.32 Å². The van der Waals surface area contributed by atoms with E-state index in [1.807, 2.05) is 31.2 Å². The number of para-hydroxylation sites is 1. The Bertz CT molecular complexity index is 1220. The molecular weight excluding hydrogens is 456 g/mol. The lowest BCUT2D eigenvalue weighted by molar-refractivity contribution is -0.119. The normalized spacial score (nSPS) is 10.9. The molecule has 1 amide bonds. The molecule has 0 radical (unpaired) electrons. The first-order valence-electron chi connectivity index (χ1n) is 10.7. The van der Waals surface area contributed by atoms with Gasteiger partial charge in [0.1, 0.15) is 23.8 Å². The molecule has 1 N–H and O–H groups in total. The first kappa shape index (κ1) is 24.9. The molecule has 180 valence electrons. The Hall–Kier alpha value is -3.72. The highest BCUT2D eigenvalue weighted by Crippen LogP contribution is 2.35. The van der Waals surface area contributed by atoms with E-state index in [-0.39, 0.29) is 22.9 Å². The molecule has 0 atom stereocenters. The molecule has 0 saturated carbocycles. The van der Waals surface area contributed by atoms with E-state index >= 15 is 0 Å². The van der Waals surface area contributed by atoms with Gasteiger partial charge in [-0.2, -0.15) is 0 Å². The van der Waals surface area contributed by atoms with Gasteiger partial charge in [-0.1, -0.05) is 36.4 Å². The van der Waals surface area contributed by atoms with Gasteiger partial charge in [-0.25, -0.2) is 8.42 Å². The minimum Gasteiger partial charge on any atom is -0.497 e. The summed E-state index contributed by atoms with van der Waals surface area (Å²) in [6, 6.07) is 20.0. The zero-order valence-corrected chi connectivity index (χ0v) is 20.2. The van der Waals surface area contributed by atoms with Gasteiger partial charge >= 0.3 is 0 Å². The number of nitrogens with zero attached hydrogens (tertiary/aromatic N) is 1. The second-order valence-electron chi connectivity index (χ2n) is 7.18. The molecule has 3 rings (SSSR count). The van der Waals surface area contributed by atoms with Crippen LogP contribution in [0.15, 0.2) is 77.7 Å². The SMILES string of the molecule is CCOc1ccccc1CNC(=O)CN(c1cc(OC)ccc1OC)S(=O)(=O)c1ccccc1. The number of carbonyl (C=O) groups is 1. The topological polar surface area (TPSA) is 94.2 Å². The van der Waals surface area contributed by atoms with Crippen LogP contribution in [0.1, 0.15) is 12.5 Å². The Kier molecular flexibility index (Phi) is 8.37. The lowest BCUT2D eigenvalue weighted by atomic mass is 10.2. The number of methoxy groups -OCH3 is 2. The quantitative estimate of drug-likeness (QED) is 0.447. The van der Waals surface area contributed by atoms with Crippen LogP contribution in [0.2, 0.25) is 0 Å². The number of rotatable bonds is 11. The number of benzene rings is 3. The van der Waals surface area contributed by atoms with Crippen LogP contribution >= 0.6 is 0 Å². The van der Waals surface area contributed by atoms with E-state index < -0.39 is 22.5 Å².